The van der Waals surface area contributed by atoms with Gasteiger partial charge in [0.25, 0.3) is 0 Å². The molecule has 0 saturated carbocycles. The van der Waals surface area contributed by atoms with Crippen LogP contribution in [0.15, 0.2) is 25.0 Å². The fourth-order valence-electron chi connectivity index (χ4n) is 5.82. The summed E-state index contributed by atoms with van der Waals surface area (Å²) in [5.41, 5.74) is 3.99. The van der Waals surface area contributed by atoms with Crippen molar-refractivity contribution < 1.29 is 9.53 Å². The Bertz CT molecular complexity index is 1280. The second-order valence-corrected chi connectivity index (χ2v) is 10.9. The average molecular weight is 551 g/mol. The first kappa shape index (κ1) is 27.2. The molecule has 5 rings (SSSR count). The third-order valence-corrected chi connectivity index (χ3v) is 8.51. The van der Waals surface area contributed by atoms with Gasteiger partial charge in [0.15, 0.2) is 0 Å². The number of nitrogens with zero attached hydrogens (tertiary/aromatic N) is 8. The molecule has 2 atom stereocenters. The summed E-state index contributed by atoms with van der Waals surface area (Å²) < 4.78 is 6.22. The normalized spacial score (nSPS) is 21.4. The highest BCUT2D eigenvalue weighted by Gasteiger charge is 2.33. The van der Waals surface area contributed by atoms with Crippen molar-refractivity contribution in [1.29, 1.82) is 5.26 Å². The van der Waals surface area contributed by atoms with Crippen molar-refractivity contribution in [3.63, 3.8) is 0 Å². The van der Waals surface area contributed by atoms with Gasteiger partial charge in [0, 0.05) is 44.0 Å². The van der Waals surface area contributed by atoms with Gasteiger partial charge in [0.2, 0.25) is 5.91 Å². The van der Waals surface area contributed by atoms with E-state index in [2.05, 4.69) is 39.4 Å². The van der Waals surface area contributed by atoms with Crippen LogP contribution >= 0.6 is 11.6 Å². The van der Waals surface area contributed by atoms with E-state index in [1.54, 1.807) is 11.1 Å². The van der Waals surface area contributed by atoms with Gasteiger partial charge in [-0.25, -0.2) is 0 Å². The highest BCUT2D eigenvalue weighted by molar-refractivity contribution is 6.31. The van der Waals surface area contributed by atoms with Gasteiger partial charge < -0.3 is 24.3 Å². The molecule has 0 N–H and O–H groups in total. The summed E-state index contributed by atoms with van der Waals surface area (Å²) in [7, 11) is 2.12. The SMILES string of the molecule is C=CC(=O)N1CCN(c2nc(OC[C@@H]3CCCN3C)nc3c2CCN(c2cncc(Cl)c2C)C3)C[C@@H]1CC#N. The molecule has 2 aromatic heterocycles. The molecule has 206 valence electrons. The molecule has 0 aromatic carbocycles. The van der Waals surface area contributed by atoms with Crippen molar-refractivity contribution in [2.24, 2.45) is 0 Å². The number of halogens is 1. The highest BCUT2D eigenvalue weighted by atomic mass is 35.5. The number of anilines is 2. The highest BCUT2D eigenvalue weighted by Crippen LogP contribution is 2.34. The number of pyridine rings is 1. The Morgan fingerprint density at radius 3 is 2.82 bits per heavy atom. The van der Waals surface area contributed by atoms with E-state index in [-0.39, 0.29) is 18.4 Å². The molecule has 0 aliphatic carbocycles. The first-order valence-corrected chi connectivity index (χ1v) is 13.9. The van der Waals surface area contributed by atoms with E-state index in [0.717, 1.165) is 60.7 Å². The Hall–Kier alpha value is -3.42. The molecule has 0 unspecified atom stereocenters. The maximum atomic E-state index is 12.5. The van der Waals surface area contributed by atoms with Gasteiger partial charge >= 0.3 is 6.01 Å². The van der Waals surface area contributed by atoms with Crippen molar-refractivity contribution in [3.05, 3.63) is 46.9 Å². The second-order valence-electron chi connectivity index (χ2n) is 10.5. The van der Waals surface area contributed by atoms with Crippen LogP contribution in [0.2, 0.25) is 5.02 Å². The number of piperazine rings is 1. The summed E-state index contributed by atoms with van der Waals surface area (Å²) in [6.07, 6.45) is 8.09. The van der Waals surface area contributed by atoms with Crippen molar-refractivity contribution in [1.82, 2.24) is 24.8 Å². The Labute approximate surface area is 234 Å². The van der Waals surface area contributed by atoms with Crippen molar-refractivity contribution in [2.75, 3.05) is 56.2 Å². The third-order valence-electron chi connectivity index (χ3n) is 8.13. The van der Waals surface area contributed by atoms with Crippen molar-refractivity contribution >= 4 is 29.0 Å². The Kier molecular flexibility index (Phi) is 8.19. The minimum atomic E-state index is -0.239. The number of carbonyl (C=O) groups excluding carboxylic acids is 1. The zero-order chi connectivity index (χ0) is 27.5. The van der Waals surface area contributed by atoms with Crippen LogP contribution < -0.4 is 14.5 Å². The number of hydrogen-bond donors (Lipinski definition) is 0. The van der Waals surface area contributed by atoms with E-state index in [1.165, 1.54) is 6.08 Å². The minimum absolute atomic E-state index is 0.148. The smallest absolute Gasteiger partial charge is 0.318 e. The molecule has 5 heterocycles. The predicted molar refractivity (Wildman–Crippen MR) is 150 cm³/mol. The Morgan fingerprint density at radius 1 is 1.23 bits per heavy atom. The summed E-state index contributed by atoms with van der Waals surface area (Å²) in [6.45, 7) is 10.2. The van der Waals surface area contributed by atoms with Gasteiger partial charge in [0.05, 0.1) is 47.7 Å². The fourth-order valence-corrected chi connectivity index (χ4v) is 5.98. The standard InChI is InChI=1S/C28H35ClN8O2/c1-4-26(38)37-13-12-36(16-20(37)7-9-30)27-22-8-11-35(25-15-31-14-23(29)19(25)2)17-24(22)32-28(33-27)39-18-21-6-5-10-34(21)3/h4,14-15,20-21H,1,5-8,10-13,16-18H2,2-3H3/t20-,21-/m0/s1. The van der Waals surface area contributed by atoms with Gasteiger partial charge in [-0.2, -0.15) is 15.2 Å². The van der Waals surface area contributed by atoms with E-state index in [1.807, 2.05) is 13.1 Å². The van der Waals surface area contributed by atoms with Gasteiger partial charge in [-0.05, 0) is 51.4 Å². The van der Waals surface area contributed by atoms with E-state index >= 15 is 0 Å². The fraction of sp³-hybridized carbons (Fsp3) is 0.536. The lowest BCUT2D eigenvalue weighted by molar-refractivity contribution is -0.128. The number of amides is 1. The minimum Gasteiger partial charge on any atom is -0.462 e. The van der Waals surface area contributed by atoms with E-state index in [4.69, 9.17) is 26.3 Å². The number of carbonyl (C=O) groups is 1. The monoisotopic (exact) mass is 550 g/mol. The van der Waals surface area contributed by atoms with Crippen LogP contribution in [-0.4, -0.2) is 89.1 Å². The third kappa shape index (κ3) is 5.65. The van der Waals surface area contributed by atoms with Gasteiger partial charge in [-0.1, -0.05) is 18.2 Å². The van der Waals surface area contributed by atoms with Crippen molar-refractivity contribution in [2.45, 2.75) is 51.2 Å². The molecule has 1 amide bonds. The topological polar surface area (TPSA) is 102 Å². The zero-order valence-electron chi connectivity index (χ0n) is 22.6. The lowest BCUT2D eigenvalue weighted by Crippen LogP contribution is -2.55. The number of hydrogen-bond acceptors (Lipinski definition) is 9. The molecule has 11 heteroatoms. The first-order valence-electron chi connectivity index (χ1n) is 13.5. The molecular formula is C28H35ClN8O2. The van der Waals surface area contributed by atoms with E-state index < -0.39 is 0 Å². The zero-order valence-corrected chi connectivity index (χ0v) is 23.4. The largest absolute Gasteiger partial charge is 0.462 e. The second kappa shape index (κ2) is 11.8. The molecule has 39 heavy (non-hydrogen) atoms. The number of ether oxygens (including phenoxy) is 1. The van der Waals surface area contributed by atoms with E-state index in [0.29, 0.717) is 49.9 Å². The predicted octanol–water partition coefficient (Wildman–Crippen LogP) is 2.99. The van der Waals surface area contributed by atoms with Crippen LogP contribution in [0, 0.1) is 18.3 Å². The molecule has 3 aliphatic heterocycles. The maximum Gasteiger partial charge on any atom is 0.318 e. The van der Waals surface area contributed by atoms with Crippen LogP contribution in [0.5, 0.6) is 6.01 Å². The molecule has 2 saturated heterocycles. The molecule has 0 bridgehead atoms. The Balaban J connectivity index is 1.46. The van der Waals surface area contributed by atoms with Gasteiger partial charge in [-0.15, -0.1) is 0 Å². The lowest BCUT2D eigenvalue weighted by Gasteiger charge is -2.42. The van der Waals surface area contributed by atoms with Crippen LogP contribution in [0.3, 0.4) is 0 Å². The molecule has 2 fully saturated rings. The number of aromatic nitrogens is 3. The summed E-state index contributed by atoms with van der Waals surface area (Å²) in [5.74, 6) is 0.689. The van der Waals surface area contributed by atoms with Gasteiger partial charge in [0.1, 0.15) is 12.4 Å². The first-order chi connectivity index (χ1) is 18.9. The summed E-state index contributed by atoms with van der Waals surface area (Å²) in [6, 6.07) is 2.72. The molecular weight excluding hydrogens is 516 g/mol. The average Bonchev–Trinajstić information content (AvgIpc) is 3.36. The lowest BCUT2D eigenvalue weighted by atomic mass is 10.0. The van der Waals surface area contributed by atoms with E-state index in [9.17, 15) is 10.1 Å². The molecule has 0 spiro atoms. The number of fused-ring (bicyclic) bond motifs is 1. The summed E-state index contributed by atoms with van der Waals surface area (Å²) in [4.78, 5) is 35.1. The van der Waals surface area contributed by atoms with Crippen LogP contribution in [0.1, 0.15) is 36.1 Å². The number of likely N-dealkylation sites (tertiary alicyclic amines) is 1. The molecule has 2 aromatic rings. The Morgan fingerprint density at radius 2 is 2.08 bits per heavy atom. The number of rotatable bonds is 7. The quantitative estimate of drug-likeness (QED) is 0.481. The number of likely N-dealkylation sites (N-methyl/N-ethyl adjacent to an activating group) is 1. The maximum absolute atomic E-state index is 12.5. The number of nitriles is 1. The van der Waals surface area contributed by atoms with Crippen LogP contribution in [0.25, 0.3) is 0 Å². The molecule has 0 radical (unpaired) electrons. The summed E-state index contributed by atoms with van der Waals surface area (Å²) >= 11 is 6.38. The van der Waals surface area contributed by atoms with Crippen LogP contribution in [0.4, 0.5) is 11.5 Å². The molecule has 10 nitrogen and oxygen atoms in total. The molecule has 3 aliphatic rings. The van der Waals surface area contributed by atoms with Crippen LogP contribution in [-0.2, 0) is 17.8 Å². The van der Waals surface area contributed by atoms with Crippen molar-refractivity contribution in [3.8, 4) is 12.1 Å². The summed E-state index contributed by atoms with van der Waals surface area (Å²) in [5, 5.41) is 10.1. The van der Waals surface area contributed by atoms with Gasteiger partial charge in [-0.3, -0.25) is 9.78 Å².